The Morgan fingerprint density at radius 1 is 1.13 bits per heavy atom. The molecule has 0 atom stereocenters. The molecule has 0 aliphatic carbocycles. The second kappa shape index (κ2) is 9.02. The van der Waals surface area contributed by atoms with E-state index in [1.807, 2.05) is 42.5 Å². The highest BCUT2D eigenvalue weighted by atomic mass is 79.9. The van der Waals surface area contributed by atoms with Crippen LogP contribution in [0, 0.1) is 0 Å². The summed E-state index contributed by atoms with van der Waals surface area (Å²) in [6, 6.07) is 16.0. The van der Waals surface area contributed by atoms with Gasteiger partial charge < -0.3 is 10.2 Å². The number of benzene rings is 2. The van der Waals surface area contributed by atoms with Crippen molar-refractivity contribution in [2.24, 2.45) is 4.99 Å². The summed E-state index contributed by atoms with van der Waals surface area (Å²) in [6.07, 6.45) is 3.64. The molecule has 0 spiro atoms. The number of carbonyl (C=O) groups is 1. The van der Waals surface area contributed by atoms with E-state index in [4.69, 9.17) is 0 Å². The number of fused-ring (bicyclic) bond motifs is 1. The van der Waals surface area contributed by atoms with Gasteiger partial charge in [-0.3, -0.25) is 9.78 Å². The molecule has 0 radical (unpaired) electrons. The third-order valence-corrected chi connectivity index (χ3v) is 6.49. The lowest BCUT2D eigenvalue weighted by molar-refractivity contribution is -0.115. The number of amidine groups is 1. The van der Waals surface area contributed by atoms with Gasteiger partial charge in [-0.05, 0) is 67.6 Å². The molecule has 1 aliphatic rings. The summed E-state index contributed by atoms with van der Waals surface area (Å²) in [5.74, 6) is -0.138. The number of aliphatic imine (C=N–C) groups is 1. The van der Waals surface area contributed by atoms with Gasteiger partial charge in [0.05, 0.1) is 16.1 Å². The van der Waals surface area contributed by atoms with Gasteiger partial charge in [-0.25, -0.2) is 4.99 Å². The summed E-state index contributed by atoms with van der Waals surface area (Å²) < 4.78 is 0.964. The highest BCUT2D eigenvalue weighted by Crippen LogP contribution is 2.33. The van der Waals surface area contributed by atoms with E-state index >= 15 is 0 Å². The van der Waals surface area contributed by atoms with Crippen molar-refractivity contribution in [2.75, 3.05) is 18.0 Å². The quantitative estimate of drug-likeness (QED) is 0.473. The summed E-state index contributed by atoms with van der Waals surface area (Å²) in [5.41, 5.74) is 3.68. The second-order valence-corrected chi connectivity index (χ2v) is 8.60. The number of nitrogens with one attached hydrogen (secondary N) is 1. The molecule has 1 aromatic heterocycles. The third-order valence-electron chi connectivity index (χ3n) is 4.89. The number of halogens is 1. The van der Waals surface area contributed by atoms with Crippen molar-refractivity contribution in [3.05, 3.63) is 69.7 Å². The van der Waals surface area contributed by atoms with E-state index in [2.05, 4.69) is 62.1 Å². The molecule has 1 amide bonds. The molecular formula is C23H21BrN4OS. The summed E-state index contributed by atoms with van der Waals surface area (Å²) >= 11 is 4.89. The minimum absolute atomic E-state index is 0.138. The summed E-state index contributed by atoms with van der Waals surface area (Å²) in [6.45, 7) is 6.22. The van der Waals surface area contributed by atoms with Gasteiger partial charge in [0.25, 0.3) is 5.91 Å². The molecular weight excluding hydrogens is 460 g/mol. The molecule has 0 unspecified atom stereocenters. The highest BCUT2D eigenvalue weighted by Gasteiger charge is 2.24. The predicted octanol–water partition coefficient (Wildman–Crippen LogP) is 5.74. The minimum Gasteiger partial charge on any atom is -0.372 e. The van der Waals surface area contributed by atoms with Crippen molar-refractivity contribution < 1.29 is 4.79 Å². The van der Waals surface area contributed by atoms with Gasteiger partial charge in [0.1, 0.15) is 0 Å². The second-order valence-electron chi connectivity index (χ2n) is 6.71. The first kappa shape index (κ1) is 20.6. The normalized spacial score (nSPS) is 16.4. The number of carbonyl (C=O) groups excluding carboxylic acids is 1. The third kappa shape index (κ3) is 4.27. The lowest BCUT2D eigenvalue weighted by Gasteiger charge is -2.20. The standard InChI is InChI=1S/C23H21BrN4OS/c1-3-28(4-2)16-9-7-15(8-10-16)14-20-22(29)27-23(30-20)26-19-12-11-18(24)17-6-5-13-25-21(17)19/h5-14H,3-4H2,1-2H3,(H,26,27,29)/b20-14-. The van der Waals surface area contributed by atoms with E-state index in [-0.39, 0.29) is 5.91 Å². The van der Waals surface area contributed by atoms with E-state index in [1.165, 1.54) is 17.4 Å². The van der Waals surface area contributed by atoms with Crippen molar-refractivity contribution in [1.29, 1.82) is 0 Å². The van der Waals surface area contributed by atoms with Gasteiger partial charge in [-0.1, -0.05) is 34.1 Å². The van der Waals surface area contributed by atoms with Gasteiger partial charge in [0, 0.05) is 34.8 Å². The van der Waals surface area contributed by atoms with Crippen LogP contribution >= 0.6 is 27.7 Å². The SMILES string of the molecule is CCN(CC)c1ccc(/C=C2\SC(=Nc3ccc(Br)c4cccnc34)NC2=O)cc1. The number of rotatable bonds is 5. The van der Waals surface area contributed by atoms with Gasteiger partial charge in [0.15, 0.2) is 5.17 Å². The number of amides is 1. The first-order chi connectivity index (χ1) is 14.6. The molecule has 2 heterocycles. The van der Waals surface area contributed by atoms with Crippen LogP contribution in [0.4, 0.5) is 11.4 Å². The Labute approximate surface area is 188 Å². The molecule has 7 heteroatoms. The maximum atomic E-state index is 12.5. The Kier molecular flexibility index (Phi) is 6.20. The van der Waals surface area contributed by atoms with E-state index in [0.717, 1.165) is 39.7 Å². The molecule has 1 aliphatic heterocycles. The Morgan fingerprint density at radius 2 is 1.90 bits per heavy atom. The number of aromatic nitrogens is 1. The molecule has 1 saturated heterocycles. The van der Waals surface area contributed by atoms with Crippen LogP contribution in [-0.4, -0.2) is 29.1 Å². The molecule has 3 aromatic rings. The van der Waals surface area contributed by atoms with Crippen LogP contribution in [0.25, 0.3) is 17.0 Å². The Bertz CT molecular complexity index is 1150. The zero-order valence-corrected chi connectivity index (χ0v) is 19.1. The molecule has 1 N–H and O–H groups in total. The van der Waals surface area contributed by atoms with Crippen molar-refractivity contribution in [3.63, 3.8) is 0 Å². The summed E-state index contributed by atoms with van der Waals surface area (Å²) in [4.78, 5) is 24.5. The fourth-order valence-electron chi connectivity index (χ4n) is 3.32. The van der Waals surface area contributed by atoms with Crippen molar-refractivity contribution in [2.45, 2.75) is 13.8 Å². The zero-order valence-electron chi connectivity index (χ0n) is 16.7. The number of nitrogens with zero attached hydrogens (tertiary/aromatic N) is 3. The first-order valence-corrected chi connectivity index (χ1v) is 11.4. The summed E-state index contributed by atoms with van der Waals surface area (Å²) in [7, 11) is 0. The fraction of sp³-hybridized carbons (Fsp3) is 0.174. The molecule has 30 heavy (non-hydrogen) atoms. The number of thioether (sulfide) groups is 1. The molecule has 152 valence electrons. The average molecular weight is 481 g/mol. The van der Waals surface area contributed by atoms with Crippen LogP contribution < -0.4 is 10.2 Å². The molecule has 4 rings (SSSR count). The maximum Gasteiger partial charge on any atom is 0.264 e. The van der Waals surface area contributed by atoms with Crippen LogP contribution in [0.3, 0.4) is 0 Å². The summed E-state index contributed by atoms with van der Waals surface area (Å²) in [5, 5.41) is 4.40. The van der Waals surface area contributed by atoms with Gasteiger partial charge in [-0.2, -0.15) is 0 Å². The maximum absolute atomic E-state index is 12.5. The monoisotopic (exact) mass is 480 g/mol. The largest absolute Gasteiger partial charge is 0.372 e. The number of anilines is 1. The molecule has 0 bridgehead atoms. The Morgan fingerprint density at radius 3 is 2.63 bits per heavy atom. The lowest BCUT2D eigenvalue weighted by Crippen LogP contribution is -2.21. The Balaban J connectivity index is 1.58. The Hall–Kier alpha value is -2.64. The topological polar surface area (TPSA) is 57.6 Å². The van der Waals surface area contributed by atoms with Gasteiger partial charge >= 0.3 is 0 Å². The van der Waals surface area contributed by atoms with Crippen molar-refractivity contribution >= 4 is 67.1 Å². The molecule has 1 fully saturated rings. The first-order valence-electron chi connectivity index (χ1n) is 9.77. The predicted molar refractivity (Wildman–Crippen MR) is 130 cm³/mol. The number of pyridine rings is 1. The van der Waals surface area contributed by atoms with Crippen LogP contribution in [0.1, 0.15) is 19.4 Å². The van der Waals surface area contributed by atoms with E-state index in [9.17, 15) is 4.79 Å². The van der Waals surface area contributed by atoms with Crippen LogP contribution in [0.5, 0.6) is 0 Å². The van der Waals surface area contributed by atoms with Crippen LogP contribution in [-0.2, 0) is 4.79 Å². The zero-order chi connectivity index (χ0) is 21.1. The number of hydrogen-bond donors (Lipinski definition) is 1. The highest BCUT2D eigenvalue weighted by molar-refractivity contribution is 9.10. The van der Waals surface area contributed by atoms with Crippen LogP contribution in [0.2, 0.25) is 0 Å². The molecule has 2 aromatic carbocycles. The van der Waals surface area contributed by atoms with Gasteiger partial charge in [0.2, 0.25) is 0 Å². The molecule has 0 saturated carbocycles. The van der Waals surface area contributed by atoms with E-state index in [0.29, 0.717) is 10.1 Å². The van der Waals surface area contributed by atoms with Crippen molar-refractivity contribution in [1.82, 2.24) is 10.3 Å². The lowest BCUT2D eigenvalue weighted by atomic mass is 10.1. The van der Waals surface area contributed by atoms with E-state index < -0.39 is 0 Å². The number of hydrogen-bond acceptors (Lipinski definition) is 5. The minimum atomic E-state index is -0.138. The van der Waals surface area contributed by atoms with E-state index in [1.54, 1.807) is 6.20 Å². The average Bonchev–Trinajstić information content (AvgIpc) is 3.11. The van der Waals surface area contributed by atoms with Gasteiger partial charge in [-0.15, -0.1) is 0 Å². The fourth-order valence-corrected chi connectivity index (χ4v) is 4.61. The smallest absolute Gasteiger partial charge is 0.264 e. The van der Waals surface area contributed by atoms with Crippen LogP contribution in [0.15, 0.2) is 69.1 Å². The molecule has 5 nitrogen and oxygen atoms in total. The van der Waals surface area contributed by atoms with Crippen molar-refractivity contribution in [3.8, 4) is 0 Å².